The minimum absolute atomic E-state index is 0.0915. The number of carbonyl (C=O) groups is 1. The summed E-state index contributed by atoms with van der Waals surface area (Å²) in [5, 5.41) is 0. The molecule has 0 unspecified atom stereocenters. The van der Waals surface area contributed by atoms with Crippen LogP contribution in [0, 0.1) is 0 Å². The fourth-order valence-corrected chi connectivity index (χ4v) is 2.72. The van der Waals surface area contributed by atoms with Gasteiger partial charge in [0.05, 0.1) is 4.91 Å². The van der Waals surface area contributed by atoms with Gasteiger partial charge in [0.15, 0.2) is 0 Å². The van der Waals surface area contributed by atoms with Gasteiger partial charge in [-0.3, -0.25) is 4.79 Å². The number of allylic oxidation sites excluding steroid dienone is 1. The van der Waals surface area contributed by atoms with Crippen molar-refractivity contribution in [2.24, 2.45) is 0 Å². The third-order valence-corrected chi connectivity index (χ3v) is 3.56. The van der Waals surface area contributed by atoms with Crippen LogP contribution in [0.15, 0.2) is 52.4 Å². The average Bonchev–Trinajstić information content (AvgIpc) is 2.86. The number of benzene rings is 1. The van der Waals surface area contributed by atoms with E-state index in [1.807, 2.05) is 42.5 Å². The average molecular weight is 227 g/mol. The fourth-order valence-electron chi connectivity index (χ4n) is 1.70. The van der Waals surface area contributed by atoms with Crippen molar-refractivity contribution in [1.29, 1.82) is 0 Å². The number of hydrogen-bond acceptors (Lipinski definition) is 2. The number of nitrogens with one attached hydrogen (secondary N) is 1. The SMILES string of the molecule is O=C1/C(=C/c2ccccc2)Sc2cc[nH]c21. The van der Waals surface area contributed by atoms with Crippen LogP contribution < -0.4 is 0 Å². The number of H-pyrrole nitrogens is 1. The van der Waals surface area contributed by atoms with Crippen molar-refractivity contribution in [2.75, 3.05) is 0 Å². The van der Waals surface area contributed by atoms with Gasteiger partial charge in [-0.05, 0) is 17.7 Å². The molecule has 1 aromatic heterocycles. The summed E-state index contributed by atoms with van der Waals surface area (Å²) in [7, 11) is 0. The van der Waals surface area contributed by atoms with Crippen LogP contribution in [0.3, 0.4) is 0 Å². The maximum Gasteiger partial charge on any atom is 0.217 e. The van der Waals surface area contributed by atoms with Crippen molar-refractivity contribution in [3.8, 4) is 0 Å². The summed E-state index contributed by atoms with van der Waals surface area (Å²) < 4.78 is 0. The first-order chi connectivity index (χ1) is 7.84. The van der Waals surface area contributed by atoms with E-state index in [-0.39, 0.29) is 5.78 Å². The lowest BCUT2D eigenvalue weighted by Gasteiger charge is -1.95. The minimum Gasteiger partial charge on any atom is -0.358 e. The number of fused-ring (bicyclic) bond motifs is 1. The molecule has 0 spiro atoms. The lowest BCUT2D eigenvalue weighted by molar-refractivity contribution is 0.104. The van der Waals surface area contributed by atoms with Crippen LogP contribution in [0.25, 0.3) is 6.08 Å². The number of Topliss-reactive ketones (excluding diaryl/α,β-unsaturated/α-hetero) is 1. The second-order valence-electron chi connectivity index (χ2n) is 3.57. The van der Waals surface area contributed by atoms with Crippen molar-refractivity contribution in [3.63, 3.8) is 0 Å². The molecule has 0 amide bonds. The maximum atomic E-state index is 11.9. The van der Waals surface area contributed by atoms with E-state index in [2.05, 4.69) is 4.98 Å². The molecule has 0 aliphatic carbocycles. The summed E-state index contributed by atoms with van der Waals surface area (Å²) in [6.45, 7) is 0. The van der Waals surface area contributed by atoms with E-state index < -0.39 is 0 Å². The van der Waals surface area contributed by atoms with E-state index in [9.17, 15) is 4.79 Å². The molecule has 2 heterocycles. The maximum absolute atomic E-state index is 11.9. The van der Waals surface area contributed by atoms with E-state index in [4.69, 9.17) is 0 Å². The molecule has 2 nitrogen and oxygen atoms in total. The predicted molar refractivity (Wildman–Crippen MR) is 65.4 cm³/mol. The van der Waals surface area contributed by atoms with Crippen LogP contribution in [0.4, 0.5) is 0 Å². The van der Waals surface area contributed by atoms with Gasteiger partial charge in [0.2, 0.25) is 5.78 Å². The normalized spacial score (nSPS) is 16.8. The molecular formula is C13H9NOS. The Balaban J connectivity index is 1.98. The van der Waals surface area contributed by atoms with Gasteiger partial charge in [0.25, 0.3) is 0 Å². The van der Waals surface area contributed by atoms with E-state index in [1.54, 1.807) is 6.20 Å². The lowest BCUT2D eigenvalue weighted by Crippen LogP contribution is -1.94. The summed E-state index contributed by atoms with van der Waals surface area (Å²) in [5.74, 6) is 0.0915. The highest BCUT2D eigenvalue weighted by Crippen LogP contribution is 2.39. The molecule has 0 atom stereocenters. The Hall–Kier alpha value is -1.74. The van der Waals surface area contributed by atoms with Crippen LogP contribution in [0.5, 0.6) is 0 Å². The third-order valence-electron chi connectivity index (χ3n) is 2.48. The predicted octanol–water partition coefficient (Wildman–Crippen LogP) is 3.34. The van der Waals surface area contributed by atoms with E-state index in [0.717, 1.165) is 15.4 Å². The third kappa shape index (κ3) is 1.49. The highest BCUT2D eigenvalue weighted by atomic mass is 32.2. The summed E-state index contributed by atoms with van der Waals surface area (Å²) >= 11 is 1.53. The van der Waals surface area contributed by atoms with Crippen LogP contribution in [-0.4, -0.2) is 10.8 Å². The molecule has 16 heavy (non-hydrogen) atoms. The number of rotatable bonds is 1. The number of hydrogen-bond donors (Lipinski definition) is 1. The van der Waals surface area contributed by atoms with Crippen LogP contribution in [0.1, 0.15) is 16.1 Å². The molecule has 0 fully saturated rings. The molecule has 2 aromatic rings. The number of carbonyl (C=O) groups excluding carboxylic acids is 1. The van der Waals surface area contributed by atoms with Crippen LogP contribution >= 0.6 is 11.8 Å². The first-order valence-corrected chi connectivity index (χ1v) is 5.83. The Morgan fingerprint density at radius 2 is 1.94 bits per heavy atom. The fraction of sp³-hybridized carbons (Fsp3) is 0. The van der Waals surface area contributed by atoms with Crippen molar-refractivity contribution in [1.82, 2.24) is 4.98 Å². The van der Waals surface area contributed by atoms with Gasteiger partial charge in [0.1, 0.15) is 5.69 Å². The number of aromatic nitrogens is 1. The molecule has 1 aromatic carbocycles. The summed E-state index contributed by atoms with van der Waals surface area (Å²) in [6.07, 6.45) is 3.73. The minimum atomic E-state index is 0.0915. The van der Waals surface area contributed by atoms with Gasteiger partial charge >= 0.3 is 0 Å². The van der Waals surface area contributed by atoms with Gasteiger partial charge in [0, 0.05) is 11.1 Å². The molecular weight excluding hydrogens is 218 g/mol. The number of ketones is 1. The number of aromatic amines is 1. The highest BCUT2D eigenvalue weighted by molar-refractivity contribution is 8.04. The largest absolute Gasteiger partial charge is 0.358 e. The van der Waals surface area contributed by atoms with Crippen molar-refractivity contribution in [3.05, 3.63) is 58.8 Å². The van der Waals surface area contributed by atoms with Gasteiger partial charge < -0.3 is 4.98 Å². The van der Waals surface area contributed by atoms with Gasteiger partial charge in [-0.25, -0.2) is 0 Å². The molecule has 0 radical (unpaired) electrons. The Kier molecular flexibility index (Phi) is 2.18. The Morgan fingerprint density at radius 3 is 2.69 bits per heavy atom. The van der Waals surface area contributed by atoms with Gasteiger partial charge in [-0.15, -0.1) is 0 Å². The molecule has 1 aliphatic rings. The molecule has 3 heteroatoms. The van der Waals surface area contributed by atoms with Gasteiger partial charge in [-0.2, -0.15) is 0 Å². The standard InChI is InChI=1S/C13H9NOS/c15-13-11(8-9-4-2-1-3-5-9)16-10-6-7-14-12(10)13/h1-8,14H/b11-8-. The lowest BCUT2D eigenvalue weighted by atomic mass is 10.2. The van der Waals surface area contributed by atoms with Crippen molar-refractivity contribution in [2.45, 2.75) is 4.90 Å². The van der Waals surface area contributed by atoms with E-state index >= 15 is 0 Å². The Morgan fingerprint density at radius 1 is 1.12 bits per heavy atom. The van der Waals surface area contributed by atoms with Crippen LogP contribution in [-0.2, 0) is 0 Å². The topological polar surface area (TPSA) is 32.9 Å². The molecule has 0 bridgehead atoms. The molecule has 1 N–H and O–H groups in total. The molecule has 78 valence electrons. The Bertz CT molecular complexity index is 569. The first kappa shape index (κ1) is 9.48. The summed E-state index contributed by atoms with van der Waals surface area (Å²) in [5.41, 5.74) is 1.77. The monoisotopic (exact) mass is 227 g/mol. The molecule has 3 rings (SSSR count). The van der Waals surface area contributed by atoms with Crippen LogP contribution in [0.2, 0.25) is 0 Å². The zero-order chi connectivity index (χ0) is 11.0. The quantitative estimate of drug-likeness (QED) is 0.758. The van der Waals surface area contributed by atoms with Crippen molar-refractivity contribution >= 4 is 23.6 Å². The second-order valence-corrected chi connectivity index (χ2v) is 4.65. The number of thioether (sulfide) groups is 1. The molecule has 1 aliphatic heterocycles. The summed E-state index contributed by atoms with van der Waals surface area (Å²) in [6, 6.07) is 11.8. The highest BCUT2D eigenvalue weighted by Gasteiger charge is 2.26. The van der Waals surface area contributed by atoms with Gasteiger partial charge in [-0.1, -0.05) is 42.1 Å². The second kappa shape index (κ2) is 3.68. The molecule has 0 saturated heterocycles. The smallest absolute Gasteiger partial charge is 0.217 e. The van der Waals surface area contributed by atoms with E-state index in [1.165, 1.54) is 11.8 Å². The van der Waals surface area contributed by atoms with Crippen molar-refractivity contribution < 1.29 is 4.79 Å². The first-order valence-electron chi connectivity index (χ1n) is 5.01. The molecule has 0 saturated carbocycles. The van der Waals surface area contributed by atoms with E-state index in [0.29, 0.717) is 5.69 Å². The Labute approximate surface area is 97.4 Å². The zero-order valence-corrected chi connectivity index (χ0v) is 9.25. The zero-order valence-electron chi connectivity index (χ0n) is 8.44. The summed E-state index contributed by atoms with van der Waals surface area (Å²) in [4.78, 5) is 16.7.